The minimum Gasteiger partial charge on any atom is -0.395 e. The molecule has 0 amide bonds. The Morgan fingerprint density at radius 3 is 1.71 bits per heavy atom. The van der Waals surface area contributed by atoms with Crippen LogP contribution in [0.1, 0.15) is 116 Å². The highest BCUT2D eigenvalue weighted by molar-refractivity contribution is 5.14. The number of hydrogen-bond acceptors (Lipinski definition) is 12. The van der Waals surface area contributed by atoms with Crippen LogP contribution in [0.25, 0.3) is 0 Å². The van der Waals surface area contributed by atoms with Crippen LogP contribution >= 0.6 is 0 Å². The number of rotatable bonds is 26. The van der Waals surface area contributed by atoms with Crippen LogP contribution in [-0.2, 0) is 16.0 Å². The Balaban J connectivity index is 0. The van der Waals surface area contributed by atoms with Crippen molar-refractivity contribution in [2.75, 3.05) is 91.8 Å². The summed E-state index contributed by atoms with van der Waals surface area (Å²) >= 11 is 0. The molecule has 1 aromatic carbocycles. The van der Waals surface area contributed by atoms with Crippen LogP contribution in [0.15, 0.2) is 30.3 Å². The van der Waals surface area contributed by atoms with Crippen molar-refractivity contribution in [3.8, 4) is 0 Å². The van der Waals surface area contributed by atoms with Crippen molar-refractivity contribution < 1.29 is 14.6 Å². The van der Waals surface area contributed by atoms with Crippen LogP contribution in [0, 0.1) is 0 Å². The molecule has 15 N–H and O–H groups in total. The molecule has 310 valence electrons. The largest absolute Gasteiger partial charge is 0.395 e. The molecule has 1 unspecified atom stereocenters. The van der Waals surface area contributed by atoms with Crippen LogP contribution in [0.4, 0.5) is 0 Å². The lowest BCUT2D eigenvalue weighted by Gasteiger charge is -2.21. The van der Waals surface area contributed by atoms with Gasteiger partial charge in [0, 0.05) is 39.0 Å². The third-order valence-corrected chi connectivity index (χ3v) is 8.42. The molecule has 3 rings (SSSR count). The summed E-state index contributed by atoms with van der Waals surface area (Å²) < 4.78 is 11.8. The van der Waals surface area contributed by atoms with E-state index < -0.39 is 0 Å². The van der Waals surface area contributed by atoms with E-state index in [1.165, 1.54) is 50.5 Å². The Labute approximate surface area is 320 Å². The van der Waals surface area contributed by atoms with Gasteiger partial charge in [0.2, 0.25) is 0 Å². The molecule has 1 aliphatic carbocycles. The summed E-state index contributed by atoms with van der Waals surface area (Å²) in [7, 11) is 0. The van der Waals surface area contributed by atoms with Gasteiger partial charge in [0.25, 0.3) is 0 Å². The number of nitrogens with two attached hydrogens (primary N) is 5. The summed E-state index contributed by atoms with van der Waals surface area (Å²) in [6.45, 7) is 17.2. The molecule has 2 aliphatic rings. The zero-order valence-electron chi connectivity index (χ0n) is 33.8. The van der Waals surface area contributed by atoms with E-state index in [9.17, 15) is 0 Å². The van der Waals surface area contributed by atoms with Crippen LogP contribution in [0.5, 0.6) is 0 Å². The van der Waals surface area contributed by atoms with Gasteiger partial charge in [-0.3, -0.25) is 0 Å². The molecule has 1 atom stereocenters. The summed E-state index contributed by atoms with van der Waals surface area (Å²) in [5, 5.41) is 21.2. The Bertz CT molecular complexity index is 748. The maximum atomic E-state index is 8.34. The molecule has 52 heavy (non-hydrogen) atoms. The molecule has 0 aromatic heterocycles. The van der Waals surface area contributed by atoms with Crippen molar-refractivity contribution in [1.29, 1.82) is 0 Å². The number of aliphatic hydroxyl groups is 1. The Kier molecular flexibility index (Phi) is 44.9. The Hall–Kier alpha value is -1.26. The highest BCUT2D eigenvalue weighted by Crippen LogP contribution is 2.40. The molecular formula is C40H87N9O3. The number of ether oxygens (including phenoxy) is 2. The van der Waals surface area contributed by atoms with E-state index in [2.05, 4.69) is 59.4 Å². The average Bonchev–Trinajstić information content (AvgIpc) is 3.82. The molecule has 1 aliphatic heterocycles. The van der Waals surface area contributed by atoms with E-state index in [4.69, 9.17) is 43.2 Å². The zero-order chi connectivity index (χ0) is 38.6. The summed E-state index contributed by atoms with van der Waals surface area (Å²) in [6, 6.07) is 10.4. The van der Waals surface area contributed by atoms with Gasteiger partial charge in [0.1, 0.15) is 0 Å². The quantitative estimate of drug-likeness (QED) is 0.0619. The second-order valence-electron chi connectivity index (χ2n) is 13.3. The third kappa shape index (κ3) is 37.1. The SMILES string of the molecule is CCCCNCCN.CCNCCCCN.NCCCCC1COC2(CCCC2)O1.NCCCCNCCO.NCCCCNCc1ccccc1. The lowest BCUT2D eigenvalue weighted by Crippen LogP contribution is -2.26. The summed E-state index contributed by atoms with van der Waals surface area (Å²) in [5.41, 5.74) is 28.0. The first kappa shape index (κ1) is 52.8. The van der Waals surface area contributed by atoms with Gasteiger partial charge >= 0.3 is 0 Å². The Morgan fingerprint density at radius 1 is 0.635 bits per heavy atom. The van der Waals surface area contributed by atoms with Crippen LogP contribution in [-0.4, -0.2) is 109 Å². The maximum absolute atomic E-state index is 8.34. The van der Waals surface area contributed by atoms with E-state index in [0.717, 1.165) is 137 Å². The van der Waals surface area contributed by atoms with Gasteiger partial charge in [-0.1, -0.05) is 50.6 Å². The van der Waals surface area contributed by atoms with Gasteiger partial charge in [0.05, 0.1) is 19.3 Å². The fourth-order valence-electron chi connectivity index (χ4n) is 5.37. The zero-order valence-corrected chi connectivity index (χ0v) is 33.8. The van der Waals surface area contributed by atoms with Crippen LogP contribution in [0.3, 0.4) is 0 Å². The van der Waals surface area contributed by atoms with Gasteiger partial charge in [-0.25, -0.2) is 0 Å². The van der Waals surface area contributed by atoms with Crippen molar-refractivity contribution in [3.63, 3.8) is 0 Å². The number of hydrogen-bond donors (Lipinski definition) is 10. The minimum atomic E-state index is -0.173. The number of aliphatic hydroxyl groups excluding tert-OH is 1. The number of benzene rings is 1. The first-order valence-electron chi connectivity index (χ1n) is 20.8. The number of unbranched alkanes of at least 4 members (excludes halogenated alkanes) is 5. The molecule has 0 bridgehead atoms. The predicted molar refractivity (Wildman–Crippen MR) is 223 cm³/mol. The van der Waals surface area contributed by atoms with Gasteiger partial charge in [-0.2, -0.15) is 0 Å². The van der Waals surface area contributed by atoms with Crippen molar-refractivity contribution in [1.82, 2.24) is 21.3 Å². The van der Waals surface area contributed by atoms with Gasteiger partial charge in [-0.05, 0) is 142 Å². The monoisotopic (exact) mass is 742 g/mol. The standard InChI is InChI=1S/C11H18N2.C11H21NO2.C6H16N2O.2C6H16N2/c12-8-4-5-9-13-10-11-6-2-1-3-7-11;12-8-4-1-5-10-9-13-11(14-10)6-2-3-7-11;7-3-1-2-4-8-5-6-9;1-2-8-6-4-3-5-7;1-2-3-5-8-6-4-7/h1-3,6-7,13H,4-5,8-10,12H2;10H,1-9,12H2;8-9H,1-7H2;2*8H,2-7H2,1H3. The first-order valence-corrected chi connectivity index (χ1v) is 20.8. The van der Waals surface area contributed by atoms with E-state index in [0.29, 0.717) is 12.6 Å². The van der Waals surface area contributed by atoms with Crippen LogP contribution in [0.2, 0.25) is 0 Å². The molecule has 1 spiro atoms. The highest BCUT2D eigenvalue weighted by Gasteiger charge is 2.43. The van der Waals surface area contributed by atoms with Gasteiger partial charge in [-0.15, -0.1) is 0 Å². The van der Waals surface area contributed by atoms with Crippen molar-refractivity contribution >= 4 is 0 Å². The van der Waals surface area contributed by atoms with E-state index in [-0.39, 0.29) is 12.4 Å². The first-order chi connectivity index (χ1) is 25.5. The summed E-state index contributed by atoms with van der Waals surface area (Å²) in [4.78, 5) is 0. The van der Waals surface area contributed by atoms with Gasteiger partial charge < -0.3 is 64.5 Å². The highest BCUT2D eigenvalue weighted by atomic mass is 16.7. The van der Waals surface area contributed by atoms with E-state index >= 15 is 0 Å². The van der Waals surface area contributed by atoms with Crippen molar-refractivity contribution in [2.45, 2.75) is 129 Å². The topological polar surface area (TPSA) is 217 Å². The normalized spacial score (nSPS) is 15.4. The van der Waals surface area contributed by atoms with Crippen molar-refractivity contribution in [2.24, 2.45) is 28.7 Å². The molecular weight excluding hydrogens is 654 g/mol. The predicted octanol–water partition coefficient (Wildman–Crippen LogP) is 3.29. The maximum Gasteiger partial charge on any atom is 0.168 e. The van der Waals surface area contributed by atoms with Crippen LogP contribution < -0.4 is 49.9 Å². The molecule has 1 aromatic rings. The lowest BCUT2D eigenvalue weighted by atomic mass is 10.1. The van der Waals surface area contributed by atoms with Crippen molar-refractivity contribution in [3.05, 3.63) is 35.9 Å². The second kappa shape index (κ2) is 44.1. The molecule has 1 saturated carbocycles. The van der Waals surface area contributed by atoms with E-state index in [1.807, 2.05) is 6.07 Å². The third-order valence-electron chi connectivity index (χ3n) is 8.42. The molecule has 1 saturated heterocycles. The fraction of sp³-hybridized carbons (Fsp3) is 0.850. The minimum absolute atomic E-state index is 0.173. The smallest absolute Gasteiger partial charge is 0.168 e. The van der Waals surface area contributed by atoms with E-state index in [1.54, 1.807) is 0 Å². The summed E-state index contributed by atoms with van der Waals surface area (Å²) in [6.07, 6.45) is 17.8. The fourth-order valence-corrected chi connectivity index (χ4v) is 5.37. The van der Waals surface area contributed by atoms with Gasteiger partial charge in [0.15, 0.2) is 5.79 Å². The number of nitrogens with one attached hydrogen (secondary N) is 4. The molecule has 12 nitrogen and oxygen atoms in total. The second-order valence-corrected chi connectivity index (χ2v) is 13.3. The molecule has 0 radical (unpaired) electrons. The lowest BCUT2D eigenvalue weighted by molar-refractivity contribution is -0.162. The average molecular weight is 742 g/mol. The molecule has 2 fully saturated rings. The summed E-state index contributed by atoms with van der Waals surface area (Å²) in [5.74, 6) is -0.173. The Morgan fingerprint density at radius 2 is 1.17 bits per heavy atom. The molecule has 12 heteroatoms. The molecule has 1 heterocycles.